The molecule has 3 aliphatic heterocycles. The zero-order chi connectivity index (χ0) is 48.1. The summed E-state index contributed by atoms with van der Waals surface area (Å²) >= 11 is 0. The van der Waals surface area contributed by atoms with Crippen molar-refractivity contribution in [3.8, 4) is 16.8 Å². The van der Waals surface area contributed by atoms with Gasteiger partial charge in [0.05, 0.1) is 22.8 Å². The molecule has 342 valence electrons. The third kappa shape index (κ3) is 5.22. The van der Waals surface area contributed by atoms with Gasteiger partial charge in [0.15, 0.2) is 0 Å². The lowest BCUT2D eigenvalue weighted by Crippen LogP contribution is -2.60. The van der Waals surface area contributed by atoms with Crippen molar-refractivity contribution in [3.05, 3.63) is 222 Å². The Bertz CT molecular complexity index is 4250. The Morgan fingerprint density at radius 1 is 0.472 bits per heavy atom. The molecule has 11 aromatic rings. The summed E-state index contributed by atoms with van der Waals surface area (Å²) in [5.74, 6) is 0.146. The van der Waals surface area contributed by atoms with Crippen LogP contribution in [0.25, 0.3) is 76.5 Å². The Balaban J connectivity index is 1.07. The number of benzene rings is 10. The van der Waals surface area contributed by atoms with E-state index in [1.165, 1.54) is 127 Å². The molecule has 4 heterocycles. The molecule has 2 unspecified atom stereocenters. The standard InChI is InChI=1S/C68H52BN3/c1-67(2,3)42-24-28-44(29-25-42)70(45-30-26-43(27-31-45)68(4,5)6)46-37-57-64-58(38-46)72-56-35-23-40-16-13-21-51-49-19-11-12-20-50(49)52-32-33-53(65(72)62(52)63(56)59(40)51)69(64)54-36-41-15-8-10-18-48(41)61-60-47-17-9-7-14-39(47)22-34-55(60)71(57)66(54)61/h7-38,62,65H,1-6H3. The topological polar surface area (TPSA) is 11.4 Å². The number of nitrogens with zero attached hydrogens (tertiary/aromatic N) is 3. The highest BCUT2D eigenvalue weighted by atomic mass is 15.2. The molecule has 72 heavy (non-hydrogen) atoms. The molecule has 0 radical (unpaired) electrons. The Kier molecular flexibility index (Phi) is 7.82. The van der Waals surface area contributed by atoms with Crippen LogP contribution in [0.1, 0.15) is 69.7 Å². The minimum Gasteiger partial charge on any atom is -0.334 e. The Morgan fingerprint density at radius 2 is 1.08 bits per heavy atom. The van der Waals surface area contributed by atoms with E-state index in [-0.39, 0.29) is 29.5 Å². The SMILES string of the molecule is CC(C)(C)c1ccc(N(c2ccc(C(C)(C)C)cc2)c2cc3c4c(c2)-n2c5ccc6ccccc6c5c5c6ccccc6cc(c52)B4C2=CC=C4c5ccccc5-c5cccc6ccc7c(c56)C4C2N37)cc1. The summed E-state index contributed by atoms with van der Waals surface area (Å²) in [6.07, 6.45) is 5.08. The van der Waals surface area contributed by atoms with Crippen LogP contribution in [0.4, 0.5) is 28.4 Å². The van der Waals surface area contributed by atoms with E-state index in [1.54, 1.807) is 0 Å². The van der Waals surface area contributed by atoms with Crippen LogP contribution in [0, 0.1) is 0 Å². The first-order valence-electron chi connectivity index (χ1n) is 25.9. The average Bonchev–Trinajstić information content (AvgIpc) is 3.90. The van der Waals surface area contributed by atoms with Crippen LogP contribution in [0.5, 0.6) is 0 Å². The largest absolute Gasteiger partial charge is 0.334 e. The molecule has 2 atom stereocenters. The van der Waals surface area contributed by atoms with Gasteiger partial charge in [-0.25, -0.2) is 0 Å². The summed E-state index contributed by atoms with van der Waals surface area (Å²) < 4.78 is 2.68. The molecule has 0 saturated heterocycles. The minimum atomic E-state index is 0.0244. The molecule has 0 spiro atoms. The molecule has 5 aliphatic rings. The highest BCUT2D eigenvalue weighted by Crippen LogP contribution is 2.62. The number of hydrogen-bond donors (Lipinski definition) is 0. The molecular weight excluding hydrogens is 870 g/mol. The van der Waals surface area contributed by atoms with E-state index in [0.29, 0.717) is 0 Å². The van der Waals surface area contributed by atoms with Gasteiger partial charge in [-0.1, -0.05) is 193 Å². The summed E-state index contributed by atoms with van der Waals surface area (Å²) in [6.45, 7) is 13.9. The van der Waals surface area contributed by atoms with Crippen LogP contribution < -0.4 is 20.7 Å². The lowest BCUT2D eigenvalue weighted by Gasteiger charge is -2.46. The summed E-state index contributed by atoms with van der Waals surface area (Å²) in [5.41, 5.74) is 23.8. The Hall–Kier alpha value is -8.08. The third-order valence-electron chi connectivity index (χ3n) is 17.4. The normalized spacial score (nSPS) is 16.9. The third-order valence-corrected chi connectivity index (χ3v) is 17.4. The van der Waals surface area contributed by atoms with Crippen LogP contribution >= 0.6 is 0 Å². The second-order valence-electron chi connectivity index (χ2n) is 23.2. The number of allylic oxidation sites excluding steroid dienone is 2. The van der Waals surface area contributed by atoms with Gasteiger partial charge in [0, 0.05) is 45.1 Å². The lowest BCUT2D eigenvalue weighted by atomic mass is 9.31. The maximum atomic E-state index is 2.80. The van der Waals surface area contributed by atoms with E-state index in [1.807, 2.05) is 0 Å². The quantitative estimate of drug-likeness (QED) is 0.164. The summed E-state index contributed by atoms with van der Waals surface area (Å²) in [7, 11) is 0. The predicted molar refractivity (Wildman–Crippen MR) is 307 cm³/mol. The molecule has 4 heteroatoms. The van der Waals surface area contributed by atoms with Crippen molar-refractivity contribution in [1.29, 1.82) is 0 Å². The van der Waals surface area contributed by atoms with Gasteiger partial charge in [-0.15, -0.1) is 0 Å². The molecule has 0 bridgehead atoms. The van der Waals surface area contributed by atoms with E-state index in [9.17, 15) is 0 Å². The number of rotatable bonds is 3. The molecule has 2 aliphatic carbocycles. The fraction of sp³-hybridized carbons (Fsp3) is 0.147. The van der Waals surface area contributed by atoms with Gasteiger partial charge in [0.1, 0.15) is 0 Å². The van der Waals surface area contributed by atoms with Crippen molar-refractivity contribution in [2.45, 2.75) is 64.3 Å². The summed E-state index contributed by atoms with van der Waals surface area (Å²) in [6, 6.07) is 70.4. The maximum Gasteiger partial charge on any atom is 0.247 e. The van der Waals surface area contributed by atoms with Crippen LogP contribution in [-0.2, 0) is 10.8 Å². The molecule has 16 rings (SSSR count). The van der Waals surface area contributed by atoms with Crippen molar-refractivity contribution >= 4 is 106 Å². The van der Waals surface area contributed by atoms with Gasteiger partial charge < -0.3 is 14.4 Å². The summed E-state index contributed by atoms with van der Waals surface area (Å²) in [4.78, 5) is 5.33. The molecule has 0 saturated carbocycles. The molecule has 10 aromatic carbocycles. The first-order chi connectivity index (χ1) is 35.0. The van der Waals surface area contributed by atoms with Crippen LogP contribution in [0.15, 0.2) is 200 Å². The van der Waals surface area contributed by atoms with E-state index in [0.717, 1.165) is 17.1 Å². The smallest absolute Gasteiger partial charge is 0.247 e. The first-order valence-corrected chi connectivity index (χ1v) is 25.9. The minimum absolute atomic E-state index is 0.0244. The lowest BCUT2D eigenvalue weighted by molar-refractivity contribution is 0.590. The van der Waals surface area contributed by atoms with Crippen molar-refractivity contribution < 1.29 is 0 Å². The molecule has 0 amide bonds. The molecular formula is C68H52BN3. The van der Waals surface area contributed by atoms with Gasteiger partial charge in [-0.2, -0.15) is 0 Å². The van der Waals surface area contributed by atoms with E-state index in [2.05, 4.69) is 250 Å². The summed E-state index contributed by atoms with van der Waals surface area (Å²) in [5, 5.41) is 10.5. The highest BCUT2D eigenvalue weighted by molar-refractivity contribution is 6.95. The average molecular weight is 922 g/mol. The zero-order valence-electron chi connectivity index (χ0n) is 41.5. The predicted octanol–water partition coefficient (Wildman–Crippen LogP) is 16.4. The molecule has 1 aromatic heterocycles. The molecule has 3 nitrogen and oxygen atoms in total. The zero-order valence-corrected chi connectivity index (χ0v) is 41.5. The van der Waals surface area contributed by atoms with E-state index >= 15 is 0 Å². The van der Waals surface area contributed by atoms with Crippen LogP contribution in [0.3, 0.4) is 0 Å². The van der Waals surface area contributed by atoms with Gasteiger partial charge in [-0.3, -0.25) is 0 Å². The second kappa shape index (κ2) is 13.9. The van der Waals surface area contributed by atoms with Gasteiger partial charge >= 0.3 is 0 Å². The van der Waals surface area contributed by atoms with Crippen molar-refractivity contribution in [3.63, 3.8) is 0 Å². The van der Waals surface area contributed by atoms with E-state index < -0.39 is 0 Å². The Morgan fingerprint density at radius 3 is 1.81 bits per heavy atom. The van der Waals surface area contributed by atoms with Crippen LogP contribution in [-0.4, -0.2) is 17.3 Å². The Labute approximate surface area is 421 Å². The number of hydrogen-bond acceptors (Lipinski definition) is 2. The van der Waals surface area contributed by atoms with E-state index in [4.69, 9.17) is 0 Å². The van der Waals surface area contributed by atoms with Gasteiger partial charge in [-0.05, 0) is 142 Å². The number of aromatic nitrogens is 1. The number of anilines is 5. The number of fused-ring (bicyclic) bond motifs is 15. The van der Waals surface area contributed by atoms with Crippen LogP contribution in [0.2, 0.25) is 0 Å². The highest BCUT2D eigenvalue weighted by Gasteiger charge is 2.55. The molecule has 0 fully saturated rings. The van der Waals surface area contributed by atoms with Crippen molar-refractivity contribution in [2.75, 3.05) is 9.80 Å². The van der Waals surface area contributed by atoms with Crippen molar-refractivity contribution in [1.82, 2.24) is 4.57 Å². The fourth-order valence-electron chi connectivity index (χ4n) is 14.2. The monoisotopic (exact) mass is 921 g/mol. The fourth-order valence-corrected chi connectivity index (χ4v) is 14.2. The van der Waals surface area contributed by atoms with Crippen molar-refractivity contribution in [2.24, 2.45) is 0 Å². The second-order valence-corrected chi connectivity index (χ2v) is 23.2. The van der Waals surface area contributed by atoms with Gasteiger partial charge in [0.25, 0.3) is 0 Å². The maximum absolute atomic E-state index is 2.80. The first kappa shape index (κ1) is 40.6. The molecule has 0 N–H and O–H groups in total. The van der Waals surface area contributed by atoms with Gasteiger partial charge in [0.2, 0.25) is 6.71 Å².